The highest BCUT2D eigenvalue weighted by atomic mass is 16.5. The Bertz CT molecular complexity index is 722. The number of hydrogen-bond acceptors (Lipinski definition) is 5. The molecule has 1 saturated carbocycles. The first-order chi connectivity index (χ1) is 11.1. The summed E-state index contributed by atoms with van der Waals surface area (Å²) in [6, 6.07) is 6.62. The molecule has 0 bridgehead atoms. The Hall–Kier alpha value is -2.70. The van der Waals surface area contributed by atoms with Gasteiger partial charge in [0.15, 0.2) is 0 Å². The molecule has 1 fully saturated rings. The van der Waals surface area contributed by atoms with Crippen molar-refractivity contribution < 1.29 is 14.3 Å². The molecule has 0 unspecified atom stereocenters. The smallest absolute Gasteiger partial charge is 0.308 e. The molecule has 0 aliphatic heterocycles. The number of rotatable bonds is 6. The zero-order valence-electron chi connectivity index (χ0n) is 12.9. The van der Waals surface area contributed by atoms with Crippen molar-refractivity contribution in [3.8, 4) is 5.75 Å². The van der Waals surface area contributed by atoms with Gasteiger partial charge in [-0.25, -0.2) is 0 Å². The van der Waals surface area contributed by atoms with E-state index in [2.05, 4.69) is 15.6 Å². The summed E-state index contributed by atoms with van der Waals surface area (Å²) in [5.74, 6) is 0.177. The first-order valence-corrected chi connectivity index (χ1v) is 7.56. The second-order valence-corrected chi connectivity index (χ2v) is 5.65. The van der Waals surface area contributed by atoms with Crippen LogP contribution >= 0.6 is 0 Å². The normalized spacial score (nSPS) is 13.6. The van der Waals surface area contributed by atoms with Crippen molar-refractivity contribution in [1.29, 1.82) is 0 Å². The molecule has 3 rings (SSSR count). The van der Waals surface area contributed by atoms with Gasteiger partial charge in [-0.15, -0.1) is 5.10 Å². The molecular weight excluding hydrogens is 296 g/mol. The molecule has 1 N–H and O–H groups in total. The van der Waals surface area contributed by atoms with Crippen LogP contribution in [0.15, 0.2) is 30.5 Å². The third-order valence-corrected chi connectivity index (χ3v) is 3.54. The molecule has 1 aliphatic rings. The number of nitrogens with one attached hydrogen (secondary N) is 1. The van der Waals surface area contributed by atoms with Crippen molar-refractivity contribution in [2.75, 3.05) is 0 Å². The molecule has 7 nitrogen and oxygen atoms in total. The Morgan fingerprint density at radius 3 is 2.87 bits per heavy atom. The summed E-state index contributed by atoms with van der Waals surface area (Å²) in [5, 5.41) is 10.9. The van der Waals surface area contributed by atoms with Gasteiger partial charge in [0.2, 0.25) is 0 Å². The van der Waals surface area contributed by atoms with Crippen LogP contribution in [0.4, 0.5) is 0 Å². The lowest BCUT2D eigenvalue weighted by molar-refractivity contribution is -0.131. The number of carbonyl (C=O) groups is 2. The summed E-state index contributed by atoms with van der Waals surface area (Å²) >= 11 is 0. The molecule has 0 saturated heterocycles. The van der Waals surface area contributed by atoms with Gasteiger partial charge in [0.05, 0.1) is 18.3 Å². The second kappa shape index (κ2) is 6.60. The predicted molar refractivity (Wildman–Crippen MR) is 81.7 cm³/mol. The van der Waals surface area contributed by atoms with E-state index in [1.165, 1.54) is 19.8 Å². The van der Waals surface area contributed by atoms with Gasteiger partial charge >= 0.3 is 5.97 Å². The van der Waals surface area contributed by atoms with E-state index in [0.29, 0.717) is 11.3 Å². The van der Waals surface area contributed by atoms with Crippen LogP contribution in [0.2, 0.25) is 0 Å². The van der Waals surface area contributed by atoms with Crippen LogP contribution in [0.5, 0.6) is 5.75 Å². The maximum Gasteiger partial charge on any atom is 0.308 e. The number of amides is 1. The van der Waals surface area contributed by atoms with Crippen molar-refractivity contribution in [3.05, 3.63) is 41.7 Å². The monoisotopic (exact) mass is 314 g/mol. The molecule has 7 heteroatoms. The summed E-state index contributed by atoms with van der Waals surface area (Å²) in [7, 11) is 0. The minimum atomic E-state index is -0.465. The van der Waals surface area contributed by atoms with Gasteiger partial charge in [-0.3, -0.25) is 14.3 Å². The fourth-order valence-electron chi connectivity index (χ4n) is 2.24. The Morgan fingerprint density at radius 1 is 1.35 bits per heavy atom. The number of hydrogen-bond donors (Lipinski definition) is 1. The first-order valence-electron chi connectivity index (χ1n) is 7.56. The molecular formula is C16H18N4O3. The maximum atomic E-state index is 12.3. The van der Waals surface area contributed by atoms with Crippen molar-refractivity contribution in [3.63, 3.8) is 0 Å². The lowest BCUT2D eigenvalue weighted by atomic mass is 10.2. The van der Waals surface area contributed by atoms with Crippen molar-refractivity contribution in [2.45, 2.75) is 32.9 Å². The third-order valence-electron chi connectivity index (χ3n) is 3.54. The standard InChI is InChI=1S/C16H18N4O3/c1-11(21)23-15-5-3-2-4-14(15)16(22)17-8-13-10-20(19-18-13)9-12-6-7-12/h2-5,10,12H,6-9H2,1H3,(H,17,22). The Morgan fingerprint density at radius 2 is 2.13 bits per heavy atom. The van der Waals surface area contributed by atoms with Crippen LogP contribution in [0.1, 0.15) is 35.8 Å². The number of ether oxygens (including phenoxy) is 1. The van der Waals surface area contributed by atoms with Gasteiger partial charge < -0.3 is 10.1 Å². The fourth-order valence-corrected chi connectivity index (χ4v) is 2.24. The maximum absolute atomic E-state index is 12.3. The summed E-state index contributed by atoms with van der Waals surface area (Å²) in [6.45, 7) is 2.46. The predicted octanol–water partition coefficient (Wildman–Crippen LogP) is 1.54. The van der Waals surface area contributed by atoms with Gasteiger partial charge in [0, 0.05) is 13.5 Å². The van der Waals surface area contributed by atoms with Crippen LogP contribution in [0.25, 0.3) is 0 Å². The van der Waals surface area contributed by atoms with E-state index in [-0.39, 0.29) is 18.2 Å². The van der Waals surface area contributed by atoms with Crippen molar-refractivity contribution in [2.24, 2.45) is 5.92 Å². The average Bonchev–Trinajstić information content (AvgIpc) is 3.22. The highest BCUT2D eigenvalue weighted by Gasteiger charge is 2.22. The molecule has 1 aromatic carbocycles. The quantitative estimate of drug-likeness (QED) is 0.645. The fraction of sp³-hybridized carbons (Fsp3) is 0.375. The number of nitrogens with zero attached hydrogens (tertiary/aromatic N) is 3. The van der Waals surface area contributed by atoms with Gasteiger partial charge in [-0.2, -0.15) is 0 Å². The Kier molecular flexibility index (Phi) is 4.36. The zero-order valence-corrected chi connectivity index (χ0v) is 12.9. The summed E-state index contributed by atoms with van der Waals surface area (Å²) in [5.41, 5.74) is 1.01. The summed E-state index contributed by atoms with van der Waals surface area (Å²) in [4.78, 5) is 23.3. The molecule has 1 heterocycles. The highest BCUT2D eigenvalue weighted by Crippen LogP contribution is 2.30. The van der Waals surface area contributed by atoms with E-state index < -0.39 is 5.97 Å². The van der Waals surface area contributed by atoms with E-state index in [1.807, 2.05) is 10.9 Å². The Balaban J connectivity index is 1.60. The number of carbonyl (C=O) groups excluding carboxylic acids is 2. The highest BCUT2D eigenvalue weighted by molar-refractivity contribution is 5.97. The van der Waals surface area contributed by atoms with Crippen LogP contribution in [0, 0.1) is 5.92 Å². The largest absolute Gasteiger partial charge is 0.426 e. The number of esters is 1. The molecule has 0 spiro atoms. The number of para-hydroxylation sites is 1. The number of benzene rings is 1. The van der Waals surface area contributed by atoms with E-state index in [4.69, 9.17) is 4.74 Å². The molecule has 0 atom stereocenters. The van der Waals surface area contributed by atoms with E-state index in [0.717, 1.165) is 12.5 Å². The van der Waals surface area contributed by atoms with Crippen LogP contribution < -0.4 is 10.1 Å². The molecule has 120 valence electrons. The lowest BCUT2D eigenvalue weighted by Crippen LogP contribution is -2.24. The Labute approximate surface area is 133 Å². The molecule has 2 aromatic rings. The second-order valence-electron chi connectivity index (χ2n) is 5.65. The molecule has 23 heavy (non-hydrogen) atoms. The lowest BCUT2D eigenvalue weighted by Gasteiger charge is -2.08. The third kappa shape index (κ3) is 4.15. The number of aromatic nitrogens is 3. The van der Waals surface area contributed by atoms with E-state index in [1.54, 1.807) is 24.3 Å². The molecule has 1 aliphatic carbocycles. The average molecular weight is 314 g/mol. The van der Waals surface area contributed by atoms with Crippen molar-refractivity contribution in [1.82, 2.24) is 20.3 Å². The van der Waals surface area contributed by atoms with Gasteiger partial charge in [-0.1, -0.05) is 17.3 Å². The zero-order chi connectivity index (χ0) is 16.2. The van der Waals surface area contributed by atoms with Crippen LogP contribution in [0.3, 0.4) is 0 Å². The van der Waals surface area contributed by atoms with Crippen LogP contribution in [-0.2, 0) is 17.9 Å². The molecule has 1 amide bonds. The SMILES string of the molecule is CC(=O)Oc1ccccc1C(=O)NCc1cn(CC2CC2)nn1. The topological polar surface area (TPSA) is 86.1 Å². The van der Waals surface area contributed by atoms with Crippen LogP contribution in [-0.4, -0.2) is 26.9 Å². The molecule has 1 aromatic heterocycles. The van der Waals surface area contributed by atoms with Gasteiger partial charge in [-0.05, 0) is 30.9 Å². The van der Waals surface area contributed by atoms with Gasteiger partial charge in [0.25, 0.3) is 5.91 Å². The summed E-state index contributed by atoms with van der Waals surface area (Å²) < 4.78 is 6.85. The van der Waals surface area contributed by atoms with Gasteiger partial charge in [0.1, 0.15) is 11.4 Å². The first kappa shape index (κ1) is 15.2. The van der Waals surface area contributed by atoms with E-state index >= 15 is 0 Å². The summed E-state index contributed by atoms with van der Waals surface area (Å²) in [6.07, 6.45) is 4.34. The van der Waals surface area contributed by atoms with Crippen molar-refractivity contribution >= 4 is 11.9 Å². The van der Waals surface area contributed by atoms with E-state index in [9.17, 15) is 9.59 Å². The minimum absolute atomic E-state index is 0.245. The minimum Gasteiger partial charge on any atom is -0.426 e. The molecule has 0 radical (unpaired) electrons.